The van der Waals surface area contributed by atoms with Crippen LogP contribution in [0.3, 0.4) is 0 Å². The van der Waals surface area contributed by atoms with E-state index < -0.39 is 0 Å². The number of ether oxygens (including phenoxy) is 1. The molecule has 2 aliphatic rings. The van der Waals surface area contributed by atoms with Crippen molar-refractivity contribution in [1.29, 1.82) is 0 Å². The molecule has 0 aliphatic carbocycles. The Kier molecular flexibility index (Phi) is 4.84. The maximum Gasteiger partial charge on any atom is 0.253 e. The molecule has 0 saturated carbocycles. The third-order valence-corrected chi connectivity index (χ3v) is 8.05. The van der Waals surface area contributed by atoms with Crippen molar-refractivity contribution in [2.24, 2.45) is 5.92 Å². The largest absolute Gasteiger partial charge is 0.497 e. The van der Waals surface area contributed by atoms with Crippen molar-refractivity contribution in [3.8, 4) is 16.2 Å². The van der Waals surface area contributed by atoms with Gasteiger partial charge in [-0.15, -0.1) is 11.3 Å². The van der Waals surface area contributed by atoms with Crippen molar-refractivity contribution < 1.29 is 9.53 Å². The molecular formula is C27H24N2O3S. The summed E-state index contributed by atoms with van der Waals surface area (Å²) in [4.78, 5) is 29.3. The maximum absolute atomic E-state index is 13.3. The number of hydrogen-bond acceptors (Lipinski definition) is 4. The quantitative estimate of drug-likeness (QED) is 0.436. The molecule has 0 unspecified atom stereocenters. The Hall–Kier alpha value is -3.38. The minimum atomic E-state index is 0.0440. The Morgan fingerprint density at radius 2 is 1.82 bits per heavy atom. The predicted molar refractivity (Wildman–Crippen MR) is 131 cm³/mol. The molecule has 6 heteroatoms. The Bertz CT molecular complexity index is 1390. The van der Waals surface area contributed by atoms with Gasteiger partial charge in [0.2, 0.25) is 0 Å². The Balaban J connectivity index is 1.38. The van der Waals surface area contributed by atoms with Crippen molar-refractivity contribution in [3.63, 3.8) is 0 Å². The number of carbonyl (C=O) groups is 1. The molecule has 0 radical (unpaired) electrons. The van der Waals surface area contributed by atoms with E-state index in [-0.39, 0.29) is 23.3 Å². The number of hydrogen-bond donors (Lipinski definition) is 0. The summed E-state index contributed by atoms with van der Waals surface area (Å²) in [6.45, 7) is 1.97. The van der Waals surface area contributed by atoms with Crippen LogP contribution in [0.25, 0.3) is 20.5 Å². The smallest absolute Gasteiger partial charge is 0.253 e. The van der Waals surface area contributed by atoms with Crippen LogP contribution in [0, 0.1) is 5.92 Å². The molecule has 166 valence electrons. The number of fused-ring (bicyclic) bond motifs is 5. The summed E-state index contributed by atoms with van der Waals surface area (Å²) in [6.07, 6.45) is 1.01. The van der Waals surface area contributed by atoms with Crippen molar-refractivity contribution in [3.05, 3.63) is 88.3 Å². The van der Waals surface area contributed by atoms with E-state index in [1.807, 2.05) is 39.8 Å². The Morgan fingerprint density at radius 3 is 2.61 bits per heavy atom. The molecule has 1 amide bonds. The van der Waals surface area contributed by atoms with Gasteiger partial charge >= 0.3 is 0 Å². The highest BCUT2D eigenvalue weighted by molar-refractivity contribution is 7.22. The molecule has 1 fully saturated rings. The van der Waals surface area contributed by atoms with Gasteiger partial charge in [-0.2, -0.15) is 0 Å². The third-order valence-electron chi connectivity index (χ3n) is 6.91. The Morgan fingerprint density at radius 1 is 1.00 bits per heavy atom. The molecule has 6 rings (SSSR count). The summed E-state index contributed by atoms with van der Waals surface area (Å²) in [5.41, 5.74) is 2.93. The fourth-order valence-corrected chi connectivity index (χ4v) is 6.52. The summed E-state index contributed by atoms with van der Waals surface area (Å²) in [5.74, 6) is 1.22. The highest BCUT2D eigenvalue weighted by atomic mass is 32.1. The highest BCUT2D eigenvalue weighted by Gasteiger charge is 2.38. The van der Waals surface area contributed by atoms with Crippen LogP contribution in [0.15, 0.2) is 71.5 Å². The van der Waals surface area contributed by atoms with Crippen LogP contribution in [0.2, 0.25) is 0 Å². The van der Waals surface area contributed by atoms with Gasteiger partial charge in [0.1, 0.15) is 5.75 Å². The molecule has 2 aromatic heterocycles. The first-order valence-corrected chi connectivity index (χ1v) is 12.1. The number of thiophene rings is 1. The number of carbonyl (C=O) groups excluding carboxylic acids is 1. The second-order valence-corrected chi connectivity index (χ2v) is 10.1. The van der Waals surface area contributed by atoms with Crippen LogP contribution in [0.5, 0.6) is 5.75 Å². The maximum atomic E-state index is 13.3. The lowest BCUT2D eigenvalue weighted by Crippen LogP contribution is -2.49. The molecule has 0 N–H and O–H groups in total. The van der Waals surface area contributed by atoms with Crippen LogP contribution in [-0.2, 0) is 6.54 Å². The SMILES string of the molecule is COc1ccc(C(=O)N2C[C@H]3C[C@H](C2)c2c(-c4cc5ccccc5s4)ccc(=O)n2C3)cc1. The fraction of sp³-hybridized carbons (Fsp3) is 0.259. The summed E-state index contributed by atoms with van der Waals surface area (Å²) in [7, 11) is 1.62. The van der Waals surface area contributed by atoms with Gasteiger partial charge in [-0.1, -0.05) is 18.2 Å². The number of likely N-dealkylation sites (tertiary alicyclic amines) is 1. The van der Waals surface area contributed by atoms with Crippen LogP contribution < -0.4 is 10.3 Å². The molecule has 1 saturated heterocycles. The highest BCUT2D eigenvalue weighted by Crippen LogP contribution is 2.43. The minimum Gasteiger partial charge on any atom is -0.497 e. The number of nitrogens with zero attached hydrogens (tertiary/aromatic N) is 2. The zero-order valence-corrected chi connectivity index (χ0v) is 19.2. The standard InChI is InChI=1S/C27H24N2O3S/c1-32-21-8-6-18(7-9-21)27(31)28-14-17-12-20(16-28)26-22(10-11-25(30)29(26)15-17)24-13-19-4-2-3-5-23(19)33-24/h2-11,13,17,20H,12,14-16H2,1H3/t17-,20-/m1/s1. The topological polar surface area (TPSA) is 51.5 Å². The number of methoxy groups -OCH3 is 1. The molecular weight excluding hydrogens is 432 g/mol. The Labute approximate surface area is 195 Å². The number of benzene rings is 2. The van der Waals surface area contributed by atoms with Gasteiger partial charge in [-0.05, 0) is 60.2 Å². The van der Waals surface area contributed by atoms with Crippen LogP contribution in [-0.4, -0.2) is 35.6 Å². The van der Waals surface area contributed by atoms with Gasteiger partial charge in [0, 0.05) is 58.0 Å². The molecule has 2 bridgehead atoms. The van der Waals surface area contributed by atoms with Gasteiger partial charge in [-0.25, -0.2) is 0 Å². The van der Waals surface area contributed by atoms with E-state index in [1.165, 1.54) is 15.0 Å². The van der Waals surface area contributed by atoms with Crippen molar-refractivity contribution in [2.45, 2.75) is 18.9 Å². The average molecular weight is 457 g/mol. The van der Waals surface area contributed by atoms with Crippen LogP contribution >= 0.6 is 11.3 Å². The van der Waals surface area contributed by atoms with E-state index in [0.717, 1.165) is 23.4 Å². The van der Waals surface area contributed by atoms with Gasteiger partial charge < -0.3 is 14.2 Å². The number of amides is 1. The molecule has 2 aliphatic heterocycles. The van der Waals surface area contributed by atoms with Gasteiger partial charge in [-0.3, -0.25) is 9.59 Å². The summed E-state index contributed by atoms with van der Waals surface area (Å²) >= 11 is 1.76. The lowest BCUT2D eigenvalue weighted by Gasteiger charge is -2.43. The average Bonchev–Trinajstić information content (AvgIpc) is 3.28. The lowest BCUT2D eigenvalue weighted by atomic mass is 9.81. The van der Waals surface area contributed by atoms with Crippen LogP contribution in [0.4, 0.5) is 0 Å². The summed E-state index contributed by atoms with van der Waals surface area (Å²) in [6, 6.07) is 21.6. The normalized spacial score (nSPS) is 19.4. The van der Waals surface area contributed by atoms with Crippen molar-refractivity contribution in [1.82, 2.24) is 9.47 Å². The predicted octanol–water partition coefficient (Wildman–Crippen LogP) is 5.00. The second-order valence-electron chi connectivity index (χ2n) is 8.97. The zero-order valence-electron chi connectivity index (χ0n) is 18.4. The van der Waals surface area contributed by atoms with E-state index in [0.29, 0.717) is 25.2 Å². The summed E-state index contributed by atoms with van der Waals surface area (Å²) in [5, 5.41) is 1.22. The monoisotopic (exact) mass is 456 g/mol. The first-order valence-electron chi connectivity index (χ1n) is 11.3. The molecule has 2 aromatic carbocycles. The molecule has 4 heterocycles. The van der Waals surface area contributed by atoms with E-state index in [2.05, 4.69) is 30.3 Å². The van der Waals surface area contributed by atoms with E-state index in [1.54, 1.807) is 24.5 Å². The third kappa shape index (κ3) is 3.45. The number of piperidine rings is 1. The van der Waals surface area contributed by atoms with Crippen molar-refractivity contribution in [2.75, 3.05) is 20.2 Å². The molecule has 4 aromatic rings. The van der Waals surface area contributed by atoms with Gasteiger partial charge in [0.05, 0.1) is 7.11 Å². The van der Waals surface area contributed by atoms with Gasteiger partial charge in [0.15, 0.2) is 0 Å². The number of rotatable bonds is 3. The number of pyridine rings is 1. The first kappa shape index (κ1) is 20.2. The lowest BCUT2D eigenvalue weighted by molar-refractivity contribution is 0.0595. The minimum absolute atomic E-state index is 0.0440. The zero-order chi connectivity index (χ0) is 22.5. The van der Waals surface area contributed by atoms with Gasteiger partial charge in [0.25, 0.3) is 11.5 Å². The molecule has 33 heavy (non-hydrogen) atoms. The molecule has 5 nitrogen and oxygen atoms in total. The number of aromatic nitrogens is 1. The van der Waals surface area contributed by atoms with E-state index >= 15 is 0 Å². The van der Waals surface area contributed by atoms with Crippen molar-refractivity contribution >= 4 is 27.3 Å². The van der Waals surface area contributed by atoms with Crippen LogP contribution in [0.1, 0.15) is 28.4 Å². The molecule has 0 spiro atoms. The first-order chi connectivity index (χ1) is 16.1. The molecule has 2 atom stereocenters. The van der Waals surface area contributed by atoms with E-state index in [9.17, 15) is 9.59 Å². The van der Waals surface area contributed by atoms with E-state index in [4.69, 9.17) is 4.74 Å². The fourth-order valence-electron chi connectivity index (χ4n) is 5.42. The second kappa shape index (κ2) is 7.89. The summed E-state index contributed by atoms with van der Waals surface area (Å²) < 4.78 is 8.43.